The molecule has 158 valence electrons. The van der Waals surface area contributed by atoms with Gasteiger partial charge in [-0.05, 0) is 18.1 Å². The predicted octanol–water partition coefficient (Wildman–Crippen LogP) is 4.81. The molecule has 0 aliphatic carbocycles. The molecule has 0 aliphatic rings. The number of carbonyl (C=O) groups excluding carboxylic acids is 1. The van der Waals surface area contributed by atoms with Crippen LogP contribution in [0.25, 0.3) is 11.3 Å². The molecule has 1 N–H and O–H groups in total. The van der Waals surface area contributed by atoms with Crippen molar-refractivity contribution in [2.24, 2.45) is 5.92 Å². The Morgan fingerprint density at radius 3 is 2.61 bits per heavy atom. The van der Waals surface area contributed by atoms with Gasteiger partial charge >= 0.3 is 0 Å². The number of rotatable bonds is 7. The minimum Gasteiger partial charge on any atom is -0.384 e. The number of hydrogen-bond acceptors (Lipinski definition) is 5. The van der Waals surface area contributed by atoms with Gasteiger partial charge in [0.1, 0.15) is 5.76 Å². The number of amides is 1. The van der Waals surface area contributed by atoms with Crippen LogP contribution in [-0.4, -0.2) is 23.1 Å². The zero-order chi connectivity index (χ0) is 21.8. The summed E-state index contributed by atoms with van der Waals surface area (Å²) in [5, 5.41) is 5.36. The first kappa shape index (κ1) is 21.1. The maximum Gasteiger partial charge on any atom is 0.280 e. The lowest BCUT2D eigenvalue weighted by Crippen LogP contribution is -2.35. The monoisotopic (exact) mass is 453 g/mol. The summed E-state index contributed by atoms with van der Waals surface area (Å²) in [7, 11) is 1.71. The number of aromatic amines is 1. The van der Waals surface area contributed by atoms with Gasteiger partial charge in [-0.25, -0.2) is 4.98 Å². The molecule has 1 amide bonds. The van der Waals surface area contributed by atoms with Gasteiger partial charge in [0, 0.05) is 41.4 Å². The smallest absolute Gasteiger partial charge is 0.280 e. The third-order valence-electron chi connectivity index (χ3n) is 4.96. The van der Waals surface area contributed by atoms with Crippen LogP contribution in [0.2, 0.25) is 5.02 Å². The molecule has 0 saturated heterocycles. The lowest BCUT2D eigenvalue weighted by atomic mass is 9.94. The minimum absolute atomic E-state index is 0.104. The van der Waals surface area contributed by atoms with Crippen LogP contribution in [-0.2, 0) is 17.6 Å². The first-order valence-corrected chi connectivity index (χ1v) is 11.0. The molecule has 8 heteroatoms. The van der Waals surface area contributed by atoms with Gasteiger partial charge < -0.3 is 4.52 Å². The van der Waals surface area contributed by atoms with Crippen LogP contribution in [0.15, 0.2) is 75.4 Å². The third-order valence-corrected chi connectivity index (χ3v) is 6.20. The number of halogens is 1. The van der Waals surface area contributed by atoms with Gasteiger partial charge in [0.15, 0.2) is 5.13 Å². The Morgan fingerprint density at radius 1 is 1.16 bits per heavy atom. The molecule has 0 unspecified atom stereocenters. The second-order valence-corrected chi connectivity index (χ2v) is 8.41. The molecule has 0 spiro atoms. The van der Waals surface area contributed by atoms with E-state index in [0.717, 1.165) is 16.8 Å². The van der Waals surface area contributed by atoms with E-state index in [0.29, 0.717) is 28.8 Å². The number of benzene rings is 2. The molecule has 31 heavy (non-hydrogen) atoms. The molecule has 2 aromatic heterocycles. The Hall–Kier alpha value is -3.16. The van der Waals surface area contributed by atoms with Gasteiger partial charge in [-0.2, -0.15) is 5.16 Å². The number of carbonyl (C=O) groups is 1. The van der Waals surface area contributed by atoms with Crippen LogP contribution in [0.3, 0.4) is 0 Å². The van der Waals surface area contributed by atoms with Crippen LogP contribution in [0, 0.1) is 5.92 Å². The van der Waals surface area contributed by atoms with Gasteiger partial charge in [0.05, 0.1) is 5.69 Å². The number of H-pyrrole nitrogens is 1. The highest BCUT2D eigenvalue weighted by atomic mass is 35.5. The summed E-state index contributed by atoms with van der Waals surface area (Å²) >= 11 is 7.67. The molecular formula is C23H20ClN3O3S. The van der Waals surface area contributed by atoms with E-state index in [1.807, 2.05) is 60.0 Å². The lowest BCUT2D eigenvalue weighted by Gasteiger charge is -2.21. The van der Waals surface area contributed by atoms with Crippen molar-refractivity contribution in [3.05, 3.63) is 92.7 Å². The number of nitrogens with one attached hydrogen (secondary N) is 1. The molecule has 0 radical (unpaired) electrons. The summed E-state index contributed by atoms with van der Waals surface area (Å²) in [4.78, 5) is 31.0. The predicted molar refractivity (Wildman–Crippen MR) is 123 cm³/mol. The molecule has 6 nitrogen and oxygen atoms in total. The average Bonchev–Trinajstić information content (AvgIpc) is 3.42. The Kier molecular flexibility index (Phi) is 6.34. The van der Waals surface area contributed by atoms with Gasteiger partial charge in [0.25, 0.3) is 5.56 Å². The van der Waals surface area contributed by atoms with E-state index in [2.05, 4.69) is 10.1 Å². The Bertz CT molecular complexity index is 1230. The fourth-order valence-electron chi connectivity index (χ4n) is 3.39. The molecule has 0 aliphatic heterocycles. The molecule has 2 aromatic carbocycles. The SMILES string of the molecule is CN(C(=O)[C@@H](Cc1ccccc1)Cc1cc(=O)[nH]o1)c1nc(-c2ccccc2Cl)cs1. The quantitative estimate of drug-likeness (QED) is 0.435. The normalized spacial score (nSPS) is 11.9. The van der Waals surface area contributed by atoms with Crippen molar-refractivity contribution in [3.63, 3.8) is 0 Å². The van der Waals surface area contributed by atoms with Gasteiger partial charge in [-0.3, -0.25) is 14.5 Å². The van der Waals surface area contributed by atoms with E-state index < -0.39 is 5.92 Å². The van der Waals surface area contributed by atoms with E-state index in [1.54, 1.807) is 11.9 Å². The molecule has 0 fully saturated rings. The minimum atomic E-state index is -0.418. The Balaban J connectivity index is 1.58. The summed E-state index contributed by atoms with van der Waals surface area (Å²) in [6.45, 7) is 0. The van der Waals surface area contributed by atoms with Crippen molar-refractivity contribution in [1.82, 2.24) is 10.1 Å². The molecule has 1 atom stereocenters. The maximum atomic E-state index is 13.4. The molecular weight excluding hydrogens is 434 g/mol. The average molecular weight is 454 g/mol. The van der Waals surface area contributed by atoms with E-state index in [4.69, 9.17) is 16.1 Å². The largest absolute Gasteiger partial charge is 0.384 e. The van der Waals surface area contributed by atoms with Gasteiger partial charge in [-0.15, -0.1) is 11.3 Å². The summed E-state index contributed by atoms with van der Waals surface area (Å²) in [6, 6.07) is 18.6. The topological polar surface area (TPSA) is 79.2 Å². The number of anilines is 1. The van der Waals surface area contributed by atoms with E-state index in [9.17, 15) is 9.59 Å². The molecule has 0 bridgehead atoms. The van der Waals surface area contributed by atoms with Crippen LogP contribution in [0.4, 0.5) is 5.13 Å². The number of thiazole rings is 1. The van der Waals surface area contributed by atoms with Gasteiger partial charge in [-0.1, -0.05) is 60.1 Å². The van der Waals surface area contributed by atoms with Gasteiger partial charge in [0.2, 0.25) is 5.91 Å². The second kappa shape index (κ2) is 9.32. The van der Waals surface area contributed by atoms with E-state index in [-0.39, 0.29) is 11.5 Å². The van der Waals surface area contributed by atoms with Crippen LogP contribution in [0.5, 0.6) is 0 Å². The molecule has 4 aromatic rings. The fourth-order valence-corrected chi connectivity index (χ4v) is 4.42. The molecule has 2 heterocycles. The van der Waals surface area contributed by atoms with Crippen molar-refractivity contribution >= 4 is 34.0 Å². The zero-order valence-corrected chi connectivity index (χ0v) is 18.3. The van der Waals surface area contributed by atoms with Crippen molar-refractivity contribution in [2.45, 2.75) is 12.8 Å². The van der Waals surface area contributed by atoms with E-state index in [1.165, 1.54) is 17.4 Å². The fraction of sp³-hybridized carbons (Fsp3) is 0.174. The van der Waals surface area contributed by atoms with Crippen LogP contribution >= 0.6 is 22.9 Å². The summed E-state index contributed by atoms with van der Waals surface area (Å²) < 4.78 is 5.21. The highest BCUT2D eigenvalue weighted by Crippen LogP contribution is 2.32. The van der Waals surface area contributed by atoms with E-state index >= 15 is 0 Å². The highest BCUT2D eigenvalue weighted by molar-refractivity contribution is 7.14. The van der Waals surface area contributed by atoms with Crippen molar-refractivity contribution in [2.75, 3.05) is 11.9 Å². The third kappa shape index (κ3) is 4.95. The Morgan fingerprint density at radius 2 is 1.90 bits per heavy atom. The Labute approximate surface area is 188 Å². The number of nitrogens with zero attached hydrogens (tertiary/aromatic N) is 2. The summed E-state index contributed by atoms with van der Waals surface area (Å²) in [5.41, 5.74) is 2.26. The second-order valence-electron chi connectivity index (χ2n) is 7.16. The van der Waals surface area contributed by atoms with Crippen LogP contribution in [0.1, 0.15) is 11.3 Å². The van der Waals surface area contributed by atoms with Crippen molar-refractivity contribution in [1.29, 1.82) is 0 Å². The number of hydrogen-bond donors (Lipinski definition) is 1. The highest BCUT2D eigenvalue weighted by Gasteiger charge is 2.27. The standard InChI is InChI=1S/C23H20ClN3O3S/c1-27(23-25-20(14-31-23)18-9-5-6-10-19(18)24)22(29)16(11-15-7-3-2-4-8-15)12-17-13-21(28)26-30-17/h2-10,13-14,16H,11-12H2,1H3,(H,26,28)/t16-/m0/s1. The lowest BCUT2D eigenvalue weighted by molar-refractivity contribution is -0.122. The van der Waals surface area contributed by atoms with Crippen molar-refractivity contribution in [3.8, 4) is 11.3 Å². The first-order valence-electron chi connectivity index (χ1n) is 9.70. The maximum absolute atomic E-state index is 13.4. The summed E-state index contributed by atoms with van der Waals surface area (Å²) in [5.74, 6) is -0.0737. The summed E-state index contributed by atoms with van der Waals surface area (Å²) in [6.07, 6.45) is 0.821. The van der Waals surface area contributed by atoms with Crippen LogP contribution < -0.4 is 10.5 Å². The molecule has 4 rings (SSSR count). The molecule has 0 saturated carbocycles. The number of aromatic nitrogens is 2. The zero-order valence-electron chi connectivity index (χ0n) is 16.7. The first-order chi connectivity index (χ1) is 15.0. The van der Waals surface area contributed by atoms with Crippen molar-refractivity contribution < 1.29 is 9.32 Å².